The topological polar surface area (TPSA) is 206 Å². The van der Waals surface area contributed by atoms with E-state index >= 15 is 0 Å². The van der Waals surface area contributed by atoms with Crippen LogP contribution in [0.5, 0.6) is 0 Å². The Morgan fingerprint density at radius 1 is 1.00 bits per heavy atom. The predicted octanol–water partition coefficient (Wildman–Crippen LogP) is 1.90. The van der Waals surface area contributed by atoms with Crippen LogP contribution in [-0.4, -0.2) is 42.1 Å². The minimum Gasteiger partial charge on any atom is -0.478 e. The molecule has 0 heterocycles. The second kappa shape index (κ2) is 9.24. The number of carboxylic acid groups (broad SMARTS) is 1. The van der Waals surface area contributed by atoms with E-state index in [1.54, 1.807) is 24.3 Å². The molecule has 0 saturated carbocycles. The number of hydrogen-bond acceptors (Lipinski definition) is 5. The van der Waals surface area contributed by atoms with Gasteiger partial charge in [-0.3, -0.25) is 9.96 Å². The number of rotatable bonds is 4. The number of hydrogen-bond donors (Lipinski definition) is 6. The molecule has 162 valence electrons. The van der Waals surface area contributed by atoms with Gasteiger partial charge in [-0.1, -0.05) is 30.3 Å². The lowest BCUT2D eigenvalue weighted by atomic mass is 9.95. The summed E-state index contributed by atoms with van der Waals surface area (Å²) >= 11 is 0. The van der Waals surface area contributed by atoms with Crippen molar-refractivity contribution in [2.24, 2.45) is 22.2 Å². The molecule has 0 fully saturated rings. The molecule has 0 unspecified atom stereocenters. The first-order chi connectivity index (χ1) is 14.4. The number of fused-ring (bicyclic) bond motifs is 1. The second-order valence-electron chi connectivity index (χ2n) is 6.46. The molecule has 9 N–H and O–H groups in total. The molecule has 0 atom stereocenters. The van der Waals surface area contributed by atoms with Crippen molar-refractivity contribution in [3.63, 3.8) is 0 Å². The predicted molar refractivity (Wildman–Crippen MR) is 120 cm³/mol. The van der Waals surface area contributed by atoms with E-state index in [4.69, 9.17) is 27.2 Å². The van der Waals surface area contributed by atoms with E-state index in [9.17, 15) is 18.3 Å². The molecular weight excluding hydrogens is 422 g/mol. The second-order valence-corrected chi connectivity index (χ2v) is 7.93. The highest BCUT2D eigenvalue weighted by Gasteiger charge is 2.16. The van der Waals surface area contributed by atoms with Gasteiger partial charge in [-0.15, -0.1) is 0 Å². The fourth-order valence-corrected chi connectivity index (χ4v) is 2.82. The van der Waals surface area contributed by atoms with Gasteiger partial charge in [0.25, 0.3) is 10.1 Å². The van der Waals surface area contributed by atoms with Crippen molar-refractivity contribution in [1.82, 2.24) is 0 Å². The Balaban J connectivity index is 0.000000614. The summed E-state index contributed by atoms with van der Waals surface area (Å²) in [7, 11) is -3.67. The van der Waals surface area contributed by atoms with E-state index in [0.717, 1.165) is 10.8 Å². The van der Waals surface area contributed by atoms with E-state index in [2.05, 4.69) is 4.99 Å². The summed E-state index contributed by atoms with van der Waals surface area (Å²) in [5.41, 5.74) is 18.7. The first kappa shape index (κ1) is 23.3. The summed E-state index contributed by atoms with van der Waals surface area (Å²) in [6.45, 7) is 0. The zero-order valence-electron chi connectivity index (χ0n) is 16.4. The SMILES string of the molecule is CS(=O)(=O)O.N=C(N)c1ccc2cc(-c3c(N=C(N)N)cccc3C(=O)O)ccc2c1. The molecule has 3 rings (SSSR count). The molecule has 0 aliphatic carbocycles. The van der Waals surface area contributed by atoms with Gasteiger partial charge >= 0.3 is 5.97 Å². The van der Waals surface area contributed by atoms with Crippen molar-refractivity contribution in [2.45, 2.75) is 0 Å². The largest absolute Gasteiger partial charge is 0.478 e. The van der Waals surface area contributed by atoms with Crippen LogP contribution in [0.2, 0.25) is 0 Å². The number of guanidine groups is 1. The monoisotopic (exact) mass is 443 g/mol. The normalized spacial score (nSPS) is 10.6. The average molecular weight is 443 g/mol. The van der Waals surface area contributed by atoms with E-state index < -0.39 is 16.1 Å². The number of aromatic carboxylic acids is 1. The molecule has 0 spiro atoms. The van der Waals surface area contributed by atoms with Crippen LogP contribution in [-0.2, 0) is 10.1 Å². The Labute approximate surface area is 178 Å². The van der Waals surface area contributed by atoms with Crippen molar-refractivity contribution in [3.8, 4) is 11.1 Å². The van der Waals surface area contributed by atoms with Gasteiger partial charge in [0.2, 0.25) is 0 Å². The number of nitrogens with zero attached hydrogens (tertiary/aromatic N) is 1. The molecule has 0 bridgehead atoms. The Bertz CT molecular complexity index is 1290. The van der Waals surface area contributed by atoms with Crippen molar-refractivity contribution in [3.05, 3.63) is 65.7 Å². The molecule has 0 aromatic heterocycles. The molecule has 0 amide bonds. The standard InChI is InChI=1S/C19H17N5O2.CH4O3S/c20-17(21)13-7-5-10-8-12(6-4-11(10)9-13)16-14(18(25)26)2-1-3-15(16)24-19(22)23;1-5(2,3)4/h1-9H,(H3,20,21)(H,25,26)(H4,22,23,24);1H3,(H,2,3,4). The maximum Gasteiger partial charge on any atom is 0.336 e. The number of nitrogen functional groups attached to an aromatic ring is 1. The van der Waals surface area contributed by atoms with Crippen LogP contribution < -0.4 is 17.2 Å². The lowest BCUT2D eigenvalue weighted by Crippen LogP contribution is -2.22. The first-order valence-electron chi connectivity index (χ1n) is 8.64. The maximum absolute atomic E-state index is 11.7. The molecule has 11 heteroatoms. The highest BCUT2D eigenvalue weighted by atomic mass is 32.2. The molecule has 3 aromatic carbocycles. The fraction of sp³-hybridized carbons (Fsp3) is 0.0500. The summed E-state index contributed by atoms with van der Waals surface area (Å²) in [4.78, 5) is 15.7. The molecule has 31 heavy (non-hydrogen) atoms. The summed E-state index contributed by atoms with van der Waals surface area (Å²) in [6.07, 6.45) is 0.715. The number of carbonyl (C=O) groups is 1. The number of aliphatic imine (C=N–C) groups is 1. The first-order valence-corrected chi connectivity index (χ1v) is 10.5. The summed E-state index contributed by atoms with van der Waals surface area (Å²) < 4.78 is 25.9. The fourth-order valence-electron chi connectivity index (χ4n) is 2.82. The van der Waals surface area contributed by atoms with Gasteiger partial charge in [-0.25, -0.2) is 9.79 Å². The molecule has 0 saturated heterocycles. The number of amidine groups is 1. The Morgan fingerprint density at radius 3 is 2.13 bits per heavy atom. The van der Waals surface area contributed by atoms with Gasteiger partial charge in [0, 0.05) is 11.1 Å². The van der Waals surface area contributed by atoms with Gasteiger partial charge in [0.05, 0.1) is 17.5 Å². The van der Waals surface area contributed by atoms with Gasteiger partial charge in [-0.2, -0.15) is 8.42 Å². The van der Waals surface area contributed by atoms with Gasteiger partial charge < -0.3 is 22.3 Å². The molecule has 10 nitrogen and oxygen atoms in total. The van der Waals surface area contributed by atoms with E-state index in [-0.39, 0.29) is 17.4 Å². The van der Waals surface area contributed by atoms with Gasteiger partial charge in [-0.05, 0) is 40.6 Å². The molecule has 0 aliphatic rings. The van der Waals surface area contributed by atoms with Crippen LogP contribution in [0.3, 0.4) is 0 Å². The minimum atomic E-state index is -3.67. The third-order valence-electron chi connectivity index (χ3n) is 3.96. The van der Waals surface area contributed by atoms with Crippen LogP contribution in [0.15, 0.2) is 59.6 Å². The summed E-state index contributed by atoms with van der Waals surface area (Å²) in [5.74, 6) is -1.23. The average Bonchev–Trinajstić information content (AvgIpc) is 2.65. The van der Waals surface area contributed by atoms with Crippen LogP contribution in [0.4, 0.5) is 5.69 Å². The number of carboxylic acids is 1. The molecule has 3 aromatic rings. The number of nitrogens with two attached hydrogens (primary N) is 3. The van der Waals surface area contributed by atoms with Crippen molar-refractivity contribution < 1.29 is 22.9 Å². The highest BCUT2D eigenvalue weighted by Crippen LogP contribution is 2.35. The number of benzene rings is 3. The molecule has 0 aliphatic heterocycles. The quantitative estimate of drug-likeness (QED) is 0.199. The smallest absolute Gasteiger partial charge is 0.336 e. The van der Waals surface area contributed by atoms with E-state index in [0.29, 0.717) is 28.6 Å². The Morgan fingerprint density at radius 2 is 1.58 bits per heavy atom. The summed E-state index contributed by atoms with van der Waals surface area (Å²) in [5, 5.41) is 18.8. The third-order valence-corrected chi connectivity index (χ3v) is 3.96. The van der Waals surface area contributed by atoms with Crippen molar-refractivity contribution >= 4 is 44.3 Å². The highest BCUT2D eigenvalue weighted by molar-refractivity contribution is 7.85. The van der Waals surface area contributed by atoms with Gasteiger partial charge in [0.1, 0.15) is 5.84 Å². The Hall–Kier alpha value is -3.96. The maximum atomic E-state index is 11.7. The van der Waals surface area contributed by atoms with E-state index in [1.807, 2.05) is 24.3 Å². The molecular formula is C20H21N5O5S. The lowest BCUT2D eigenvalue weighted by Gasteiger charge is -2.12. The summed E-state index contributed by atoms with van der Waals surface area (Å²) in [6, 6.07) is 15.6. The van der Waals surface area contributed by atoms with Crippen LogP contribution in [0, 0.1) is 5.41 Å². The van der Waals surface area contributed by atoms with Crippen molar-refractivity contribution in [1.29, 1.82) is 5.41 Å². The Kier molecular flexibility index (Phi) is 6.95. The number of nitrogens with one attached hydrogen (secondary N) is 1. The third kappa shape index (κ3) is 6.52. The van der Waals surface area contributed by atoms with Crippen LogP contribution in [0.1, 0.15) is 15.9 Å². The minimum absolute atomic E-state index is 0.0118. The lowest BCUT2D eigenvalue weighted by molar-refractivity contribution is 0.0697. The van der Waals surface area contributed by atoms with E-state index in [1.165, 1.54) is 6.07 Å². The van der Waals surface area contributed by atoms with Crippen LogP contribution >= 0.6 is 0 Å². The van der Waals surface area contributed by atoms with Gasteiger partial charge in [0.15, 0.2) is 5.96 Å². The van der Waals surface area contributed by atoms with Crippen LogP contribution in [0.25, 0.3) is 21.9 Å². The zero-order chi connectivity index (χ0) is 23.3. The van der Waals surface area contributed by atoms with Crippen molar-refractivity contribution in [2.75, 3.05) is 6.26 Å². The zero-order valence-corrected chi connectivity index (χ0v) is 17.2. The molecule has 0 radical (unpaired) electrons.